The summed E-state index contributed by atoms with van der Waals surface area (Å²) in [4.78, 5) is 43.1. The Balaban J connectivity index is 0.000000233. The summed E-state index contributed by atoms with van der Waals surface area (Å²) in [5.74, 6) is -2.48. The van der Waals surface area contributed by atoms with Gasteiger partial charge >= 0.3 is 12.1 Å². The normalized spacial score (nSPS) is 14.1. The van der Waals surface area contributed by atoms with Gasteiger partial charge in [0.2, 0.25) is 11.8 Å². The van der Waals surface area contributed by atoms with Gasteiger partial charge in [-0.15, -0.1) is 0 Å². The summed E-state index contributed by atoms with van der Waals surface area (Å²) in [6.45, 7) is 20.3. The highest BCUT2D eigenvalue weighted by Gasteiger charge is 2.38. The number of nitrogens with zero attached hydrogens (tertiary/aromatic N) is 4. The van der Waals surface area contributed by atoms with E-state index in [0.29, 0.717) is 45.0 Å². The van der Waals surface area contributed by atoms with Crippen molar-refractivity contribution in [3.05, 3.63) is 228 Å². The number of carboxylic acid groups (broad SMARTS) is 1. The van der Waals surface area contributed by atoms with Gasteiger partial charge in [0.1, 0.15) is 0 Å². The Hall–Kier alpha value is -6.64. The molecule has 1 fully saturated rings. The van der Waals surface area contributed by atoms with Gasteiger partial charge in [-0.25, -0.2) is 4.79 Å². The molecule has 1 heterocycles. The molecule has 388 valence electrons. The van der Waals surface area contributed by atoms with Gasteiger partial charge in [-0.2, -0.15) is 13.2 Å². The Morgan fingerprint density at radius 1 is 0.658 bits per heavy atom. The van der Waals surface area contributed by atoms with E-state index < -0.39 is 20.2 Å². The van der Waals surface area contributed by atoms with Crippen LogP contribution in [0.3, 0.4) is 0 Å². The van der Waals surface area contributed by atoms with Gasteiger partial charge < -0.3 is 19.6 Å². The van der Waals surface area contributed by atoms with E-state index in [1.807, 2.05) is 102 Å². The molecule has 13 heteroatoms. The topological polar surface area (TPSA) is 93.6 Å². The summed E-state index contributed by atoms with van der Waals surface area (Å²) in [5, 5.41) is 7.12. The molecular formula is C60H73F3N4O5Si. The molecule has 0 saturated carbocycles. The third-order valence-corrected chi connectivity index (χ3v) is 13.5. The number of aliphatic carboxylic acids is 1. The first-order valence-electron chi connectivity index (χ1n) is 24.6. The quantitative estimate of drug-likeness (QED) is 0.0521. The minimum Gasteiger partial charge on any atom is -0.475 e. The van der Waals surface area contributed by atoms with Crippen LogP contribution >= 0.6 is 0 Å². The van der Waals surface area contributed by atoms with Crippen LogP contribution in [0, 0.1) is 5.92 Å². The monoisotopic (exact) mass is 1010 g/mol. The Bertz CT molecular complexity index is 2420. The van der Waals surface area contributed by atoms with Crippen molar-refractivity contribution in [2.45, 2.75) is 84.3 Å². The molecule has 0 spiro atoms. The first-order valence-corrected chi connectivity index (χ1v) is 28.3. The Kier molecular flexibility index (Phi) is 24.5. The van der Waals surface area contributed by atoms with E-state index in [9.17, 15) is 22.8 Å². The molecule has 0 aliphatic carbocycles. The number of rotatable bonds is 18. The van der Waals surface area contributed by atoms with E-state index in [-0.39, 0.29) is 17.7 Å². The Labute approximate surface area is 432 Å². The van der Waals surface area contributed by atoms with Gasteiger partial charge in [-0.1, -0.05) is 208 Å². The van der Waals surface area contributed by atoms with Gasteiger partial charge in [0.25, 0.3) is 0 Å². The second-order valence-electron chi connectivity index (χ2n) is 19.2. The molecular weight excluding hydrogens is 942 g/mol. The van der Waals surface area contributed by atoms with E-state index >= 15 is 0 Å². The lowest BCUT2D eigenvalue weighted by Crippen LogP contribution is -2.42. The van der Waals surface area contributed by atoms with Crippen LogP contribution in [0.2, 0.25) is 19.6 Å². The average Bonchev–Trinajstić information content (AvgIpc) is 3.90. The third-order valence-electron chi connectivity index (χ3n) is 12.1. The number of carbonyl (C=O) groups is 3. The highest BCUT2D eigenvalue weighted by atomic mass is 28.3. The van der Waals surface area contributed by atoms with Crippen LogP contribution in [0.1, 0.15) is 65.7 Å². The number of amides is 2. The molecule has 1 aliphatic rings. The lowest BCUT2D eigenvalue weighted by molar-refractivity contribution is -0.192. The molecule has 0 radical (unpaired) electrons. The molecule has 3 unspecified atom stereocenters. The largest absolute Gasteiger partial charge is 0.490 e. The molecule has 0 aromatic heterocycles. The van der Waals surface area contributed by atoms with Gasteiger partial charge in [-0.05, 0) is 72.4 Å². The summed E-state index contributed by atoms with van der Waals surface area (Å²) in [7, 11) is 0.665. The van der Waals surface area contributed by atoms with Gasteiger partial charge in [0.05, 0.1) is 20.7 Å². The number of ether oxygens (including phenoxy) is 1. The fourth-order valence-corrected chi connectivity index (χ4v) is 9.90. The minimum absolute atomic E-state index is 0.0484. The number of likely N-dealkylation sites (tertiary alicyclic amines) is 1. The molecule has 3 atom stereocenters. The summed E-state index contributed by atoms with van der Waals surface area (Å²) in [6.07, 6.45) is -1.63. The van der Waals surface area contributed by atoms with E-state index in [0.717, 1.165) is 36.8 Å². The van der Waals surface area contributed by atoms with Crippen molar-refractivity contribution >= 4 is 25.9 Å². The van der Waals surface area contributed by atoms with Crippen LogP contribution in [0.4, 0.5) is 13.2 Å². The summed E-state index contributed by atoms with van der Waals surface area (Å²) < 4.78 is 37.1. The van der Waals surface area contributed by atoms with Crippen molar-refractivity contribution in [2.24, 2.45) is 5.92 Å². The maximum Gasteiger partial charge on any atom is 0.490 e. The molecule has 6 aromatic carbocycles. The van der Waals surface area contributed by atoms with Crippen molar-refractivity contribution in [3.63, 3.8) is 0 Å². The summed E-state index contributed by atoms with van der Waals surface area (Å²) >= 11 is 0. The average molecular weight is 1020 g/mol. The zero-order valence-corrected chi connectivity index (χ0v) is 44.2. The molecule has 0 bridgehead atoms. The van der Waals surface area contributed by atoms with Crippen LogP contribution < -0.4 is 0 Å². The molecule has 1 saturated heterocycles. The zero-order chi connectivity index (χ0) is 53.2. The van der Waals surface area contributed by atoms with Crippen LogP contribution in [0.15, 0.2) is 195 Å². The molecule has 1 aliphatic heterocycles. The van der Waals surface area contributed by atoms with Crippen molar-refractivity contribution in [1.82, 2.24) is 19.6 Å². The smallest absolute Gasteiger partial charge is 0.475 e. The second-order valence-corrected chi connectivity index (χ2v) is 24.7. The summed E-state index contributed by atoms with van der Waals surface area (Å²) in [6, 6.07) is 62.6. The van der Waals surface area contributed by atoms with Crippen LogP contribution in [-0.2, 0) is 45.3 Å². The Morgan fingerprint density at radius 2 is 1.01 bits per heavy atom. The number of benzene rings is 6. The SMILES string of the molecule is C=CC(=O)N(Cc1ccccc1)Cc1ccccc1.CC(c1ccccc1)N1CCC(C(=O)N(Cc2ccccc2)Cc2ccccc2)C1.COCN(C[Si](C)(C)C)C(C)c1ccccc1.O=C(O)C(F)(F)F. The van der Waals surface area contributed by atoms with E-state index in [1.165, 1.54) is 28.3 Å². The standard InChI is InChI=1S/C27H30N2O.C17H17NO.C14H25NOSi.C2HF3O2/c1-22(25-15-9-4-10-16-25)28-18-17-26(21-28)27(30)29(19-23-11-5-2-6-12-23)20-24-13-7-3-8-14-24;1-2-17(19)18(13-15-9-5-3-6-10-15)14-16-11-7-4-8-12-16;1-13(14-9-7-6-8-10-14)15(11-16-2)12-17(3,4)5;3-2(4,5)1(6)7/h2-16,22,26H,17-21H2,1H3;2-12H,1,13-14H2;6-10,13H,11-12H2,1-5H3;(H,6,7). The third kappa shape index (κ3) is 21.5. The zero-order valence-electron chi connectivity index (χ0n) is 43.2. The highest BCUT2D eigenvalue weighted by Crippen LogP contribution is 2.29. The van der Waals surface area contributed by atoms with Crippen molar-refractivity contribution in [2.75, 3.05) is 33.1 Å². The lowest BCUT2D eigenvalue weighted by Gasteiger charge is -2.33. The van der Waals surface area contributed by atoms with Gasteiger partial charge in [0, 0.05) is 51.9 Å². The molecule has 2 amide bonds. The highest BCUT2D eigenvalue weighted by molar-refractivity contribution is 6.76. The van der Waals surface area contributed by atoms with E-state index in [4.69, 9.17) is 14.6 Å². The summed E-state index contributed by atoms with van der Waals surface area (Å²) in [5.41, 5.74) is 7.27. The molecule has 73 heavy (non-hydrogen) atoms. The number of alkyl halides is 3. The molecule has 7 rings (SSSR count). The van der Waals surface area contributed by atoms with Crippen LogP contribution in [0.25, 0.3) is 0 Å². The number of hydrogen-bond acceptors (Lipinski definition) is 6. The minimum atomic E-state index is -5.08. The van der Waals surface area contributed by atoms with E-state index in [2.05, 4.69) is 135 Å². The number of hydrogen-bond donors (Lipinski definition) is 1. The van der Waals surface area contributed by atoms with E-state index in [1.54, 1.807) is 12.0 Å². The van der Waals surface area contributed by atoms with Crippen LogP contribution in [-0.4, -0.2) is 89.8 Å². The molecule has 1 N–H and O–H groups in total. The first-order chi connectivity index (χ1) is 34.9. The first kappa shape index (κ1) is 58.9. The maximum absolute atomic E-state index is 13.6. The number of carbonyl (C=O) groups excluding carboxylic acids is 2. The predicted molar refractivity (Wildman–Crippen MR) is 289 cm³/mol. The molecule has 9 nitrogen and oxygen atoms in total. The second kappa shape index (κ2) is 30.4. The van der Waals surface area contributed by atoms with Crippen LogP contribution in [0.5, 0.6) is 0 Å². The van der Waals surface area contributed by atoms with Gasteiger partial charge in [-0.3, -0.25) is 19.4 Å². The predicted octanol–water partition coefficient (Wildman–Crippen LogP) is 12.9. The maximum atomic E-state index is 13.6. The Morgan fingerprint density at radius 3 is 1.36 bits per heavy atom. The molecule has 6 aromatic rings. The number of carboxylic acids is 1. The van der Waals surface area contributed by atoms with Crippen molar-refractivity contribution < 1.29 is 37.4 Å². The van der Waals surface area contributed by atoms with Crippen molar-refractivity contribution in [1.29, 1.82) is 0 Å². The number of halogens is 3. The number of methoxy groups -OCH3 is 1. The fourth-order valence-electron chi connectivity index (χ4n) is 8.32. The van der Waals surface area contributed by atoms with Crippen molar-refractivity contribution in [3.8, 4) is 0 Å². The lowest BCUT2D eigenvalue weighted by atomic mass is 10.0. The fraction of sp³-hybridized carbons (Fsp3) is 0.317. The van der Waals surface area contributed by atoms with Gasteiger partial charge in [0.15, 0.2) is 0 Å².